The molecule has 0 unspecified atom stereocenters. The molecule has 1 heterocycles. The topological polar surface area (TPSA) is 60.9 Å². The Labute approximate surface area is 133 Å². The third-order valence-corrected chi connectivity index (χ3v) is 3.94. The predicted octanol–water partition coefficient (Wildman–Crippen LogP) is 3.78. The highest BCUT2D eigenvalue weighted by Gasteiger charge is 2.15. The molecule has 112 valence electrons. The zero-order chi connectivity index (χ0) is 15.6. The maximum atomic E-state index is 12.4. The van der Waals surface area contributed by atoms with Crippen molar-refractivity contribution in [1.82, 2.24) is 9.78 Å². The summed E-state index contributed by atoms with van der Waals surface area (Å²) in [6.07, 6.45) is 1.10. The first kappa shape index (κ1) is 15.9. The van der Waals surface area contributed by atoms with Crippen LogP contribution in [0, 0.1) is 0 Å². The van der Waals surface area contributed by atoms with E-state index in [-0.39, 0.29) is 12.2 Å². The number of nitrogens with two attached hydrogens (primary N) is 1. The van der Waals surface area contributed by atoms with E-state index in [4.69, 9.17) is 28.9 Å². The molecule has 0 aliphatic carbocycles. The number of halogens is 2. The molecule has 0 atom stereocenters. The van der Waals surface area contributed by atoms with Gasteiger partial charge in [-0.05, 0) is 31.5 Å². The van der Waals surface area contributed by atoms with Gasteiger partial charge in [0.1, 0.15) is 0 Å². The molecule has 0 saturated heterocycles. The second kappa shape index (κ2) is 6.50. The summed E-state index contributed by atoms with van der Waals surface area (Å²) in [4.78, 5) is 12.4. The van der Waals surface area contributed by atoms with Crippen LogP contribution in [0.3, 0.4) is 0 Å². The van der Waals surface area contributed by atoms with Gasteiger partial charge < -0.3 is 5.73 Å². The summed E-state index contributed by atoms with van der Waals surface area (Å²) in [6, 6.07) is 5.07. The van der Waals surface area contributed by atoms with Gasteiger partial charge in [-0.2, -0.15) is 5.10 Å². The van der Waals surface area contributed by atoms with E-state index in [9.17, 15) is 4.79 Å². The van der Waals surface area contributed by atoms with Crippen LogP contribution in [0.2, 0.25) is 10.0 Å². The summed E-state index contributed by atoms with van der Waals surface area (Å²) in [6.45, 7) is 4.76. The number of carbonyl (C=O) groups is 1. The molecule has 6 heteroatoms. The van der Waals surface area contributed by atoms with Crippen molar-refractivity contribution in [3.63, 3.8) is 0 Å². The Kier molecular flexibility index (Phi) is 4.91. The van der Waals surface area contributed by atoms with Gasteiger partial charge in [0.15, 0.2) is 5.78 Å². The van der Waals surface area contributed by atoms with Crippen molar-refractivity contribution in [2.24, 2.45) is 0 Å². The van der Waals surface area contributed by atoms with E-state index in [2.05, 4.69) is 5.10 Å². The molecule has 0 amide bonds. The van der Waals surface area contributed by atoms with Crippen LogP contribution >= 0.6 is 23.2 Å². The first-order valence-electron chi connectivity index (χ1n) is 6.79. The lowest BCUT2D eigenvalue weighted by Crippen LogP contribution is -2.10. The molecule has 0 aliphatic heterocycles. The average Bonchev–Trinajstić information content (AvgIpc) is 2.86. The van der Waals surface area contributed by atoms with Crippen molar-refractivity contribution in [3.05, 3.63) is 45.2 Å². The molecule has 0 fully saturated rings. The van der Waals surface area contributed by atoms with Crippen molar-refractivity contribution in [2.45, 2.75) is 33.2 Å². The summed E-state index contributed by atoms with van der Waals surface area (Å²) >= 11 is 11.9. The van der Waals surface area contributed by atoms with E-state index >= 15 is 0 Å². The largest absolute Gasteiger partial charge is 0.396 e. The van der Waals surface area contributed by atoms with Gasteiger partial charge in [0.05, 0.1) is 27.8 Å². The first-order chi connectivity index (χ1) is 9.96. The quantitative estimate of drug-likeness (QED) is 0.672. The molecular weight excluding hydrogens is 309 g/mol. The lowest BCUT2D eigenvalue weighted by Gasteiger charge is -2.07. The molecule has 0 spiro atoms. The van der Waals surface area contributed by atoms with Crippen molar-refractivity contribution in [3.8, 4) is 0 Å². The number of ketones is 1. The van der Waals surface area contributed by atoms with E-state index in [0.29, 0.717) is 21.3 Å². The molecule has 0 aliphatic rings. The number of aryl methyl sites for hydroxylation is 2. The van der Waals surface area contributed by atoms with Crippen molar-refractivity contribution in [2.75, 3.05) is 5.73 Å². The molecule has 4 nitrogen and oxygen atoms in total. The van der Waals surface area contributed by atoms with E-state index in [1.165, 1.54) is 0 Å². The Morgan fingerprint density at radius 2 is 1.86 bits per heavy atom. The van der Waals surface area contributed by atoms with Crippen LogP contribution in [0.4, 0.5) is 5.69 Å². The predicted molar refractivity (Wildman–Crippen MR) is 86.2 cm³/mol. The van der Waals surface area contributed by atoms with Crippen LogP contribution in [0.15, 0.2) is 18.2 Å². The summed E-state index contributed by atoms with van der Waals surface area (Å²) in [5, 5.41) is 5.03. The fourth-order valence-corrected chi connectivity index (χ4v) is 2.60. The van der Waals surface area contributed by atoms with Gasteiger partial charge in [0, 0.05) is 17.8 Å². The number of benzene rings is 1. The second-order valence-electron chi connectivity index (χ2n) is 4.75. The summed E-state index contributed by atoms with van der Waals surface area (Å²) in [7, 11) is 0. The zero-order valence-electron chi connectivity index (χ0n) is 12.0. The lowest BCUT2D eigenvalue weighted by atomic mass is 10.1. The number of anilines is 1. The number of carbonyl (C=O) groups excluding carboxylic acids is 1. The van der Waals surface area contributed by atoms with Crippen molar-refractivity contribution >= 4 is 34.7 Å². The minimum absolute atomic E-state index is 0.0592. The normalized spacial score (nSPS) is 10.9. The monoisotopic (exact) mass is 325 g/mol. The number of Topliss-reactive ketones (excluding diaryl/α,β-unsaturated/α-hetero) is 1. The highest BCUT2D eigenvalue weighted by atomic mass is 35.5. The maximum absolute atomic E-state index is 12.4. The van der Waals surface area contributed by atoms with Crippen LogP contribution in [0.1, 0.15) is 35.6 Å². The van der Waals surface area contributed by atoms with Gasteiger partial charge in [-0.1, -0.05) is 30.1 Å². The van der Waals surface area contributed by atoms with Crippen LogP contribution in [0.5, 0.6) is 0 Å². The molecule has 1 aromatic carbocycles. The van der Waals surface area contributed by atoms with E-state index < -0.39 is 0 Å². The van der Waals surface area contributed by atoms with E-state index in [1.807, 2.05) is 24.6 Å². The highest BCUT2D eigenvalue weighted by molar-refractivity contribution is 6.39. The van der Waals surface area contributed by atoms with Gasteiger partial charge in [-0.3, -0.25) is 9.48 Å². The fraction of sp³-hybridized carbons (Fsp3) is 0.333. The van der Waals surface area contributed by atoms with Gasteiger partial charge >= 0.3 is 0 Å². The Hall–Kier alpha value is -1.52. The standard InChI is InChI=1S/C15H17Cl2N3O/c1-3-10-7-11(20(4-2)19-10)8-14(21)9-5-12(16)15(18)13(17)6-9/h5-7H,3-4,8,18H2,1-2H3. The molecule has 2 aromatic rings. The minimum atomic E-state index is -0.0592. The van der Waals surface area contributed by atoms with Crippen LogP contribution in [-0.2, 0) is 19.4 Å². The van der Waals surface area contributed by atoms with Crippen LogP contribution < -0.4 is 5.73 Å². The third kappa shape index (κ3) is 3.39. The molecule has 2 N–H and O–H groups in total. The van der Waals surface area contributed by atoms with Gasteiger partial charge in [-0.25, -0.2) is 0 Å². The maximum Gasteiger partial charge on any atom is 0.168 e. The van der Waals surface area contributed by atoms with Gasteiger partial charge in [0.2, 0.25) is 0 Å². The molecule has 21 heavy (non-hydrogen) atoms. The van der Waals surface area contributed by atoms with Crippen LogP contribution in [0.25, 0.3) is 0 Å². The summed E-state index contributed by atoms with van der Waals surface area (Å²) in [5.74, 6) is -0.0592. The first-order valence-corrected chi connectivity index (χ1v) is 7.55. The smallest absolute Gasteiger partial charge is 0.168 e. The third-order valence-electron chi connectivity index (χ3n) is 3.32. The summed E-state index contributed by atoms with van der Waals surface area (Å²) < 4.78 is 1.84. The lowest BCUT2D eigenvalue weighted by molar-refractivity contribution is 0.0990. The zero-order valence-corrected chi connectivity index (χ0v) is 13.5. The van der Waals surface area contributed by atoms with Crippen molar-refractivity contribution in [1.29, 1.82) is 0 Å². The second-order valence-corrected chi connectivity index (χ2v) is 5.56. The number of rotatable bonds is 5. The summed E-state index contributed by atoms with van der Waals surface area (Å²) in [5.41, 5.74) is 8.31. The molecule has 0 bridgehead atoms. The average molecular weight is 326 g/mol. The highest BCUT2D eigenvalue weighted by Crippen LogP contribution is 2.29. The molecule has 2 rings (SSSR count). The fourth-order valence-electron chi connectivity index (χ4n) is 2.12. The van der Waals surface area contributed by atoms with Crippen LogP contribution in [-0.4, -0.2) is 15.6 Å². The Balaban J connectivity index is 2.28. The Bertz CT molecular complexity index is 657. The number of aromatic nitrogens is 2. The van der Waals surface area contributed by atoms with E-state index in [1.54, 1.807) is 12.1 Å². The number of nitrogen functional groups attached to an aromatic ring is 1. The number of hydrogen-bond donors (Lipinski definition) is 1. The molecule has 1 aromatic heterocycles. The van der Waals surface area contributed by atoms with Gasteiger partial charge in [0.25, 0.3) is 0 Å². The number of hydrogen-bond acceptors (Lipinski definition) is 3. The molecule has 0 saturated carbocycles. The number of nitrogens with zero attached hydrogens (tertiary/aromatic N) is 2. The van der Waals surface area contributed by atoms with Crippen molar-refractivity contribution < 1.29 is 4.79 Å². The van der Waals surface area contributed by atoms with E-state index in [0.717, 1.165) is 24.4 Å². The Morgan fingerprint density at radius 1 is 1.24 bits per heavy atom. The molecular formula is C15H17Cl2N3O. The van der Waals surface area contributed by atoms with Gasteiger partial charge in [-0.15, -0.1) is 0 Å². The SMILES string of the molecule is CCc1cc(CC(=O)c2cc(Cl)c(N)c(Cl)c2)n(CC)n1. The minimum Gasteiger partial charge on any atom is -0.396 e. The molecule has 0 radical (unpaired) electrons. The Morgan fingerprint density at radius 3 is 2.38 bits per heavy atom.